The van der Waals surface area contributed by atoms with Crippen molar-refractivity contribution in [2.75, 3.05) is 6.54 Å². The van der Waals surface area contributed by atoms with Crippen LogP contribution in [0.2, 0.25) is 0 Å². The summed E-state index contributed by atoms with van der Waals surface area (Å²) in [6.07, 6.45) is 0. The van der Waals surface area contributed by atoms with E-state index in [1.165, 1.54) is 15.8 Å². The number of aromatic amines is 1. The summed E-state index contributed by atoms with van der Waals surface area (Å²) >= 11 is 1.78. The Labute approximate surface area is 140 Å². The number of thiophene rings is 1. The Balaban J connectivity index is 1.67. The average molecular weight is 326 g/mol. The van der Waals surface area contributed by atoms with Crippen molar-refractivity contribution in [2.24, 2.45) is 4.99 Å². The molecule has 2 heterocycles. The topological polar surface area (TPSA) is 52.2 Å². The fourth-order valence-electron chi connectivity index (χ4n) is 2.47. The smallest absolute Gasteiger partial charge is 0.191 e. The van der Waals surface area contributed by atoms with Gasteiger partial charge in [-0.15, -0.1) is 11.3 Å². The first-order valence-corrected chi connectivity index (χ1v) is 8.76. The Bertz CT molecular complexity index is 767. The molecule has 0 amide bonds. The van der Waals surface area contributed by atoms with Gasteiger partial charge in [0.2, 0.25) is 0 Å². The van der Waals surface area contributed by atoms with Crippen LogP contribution in [0.15, 0.2) is 46.8 Å². The zero-order chi connectivity index (χ0) is 16.1. The molecule has 2 aromatic heterocycles. The molecule has 0 saturated heterocycles. The third kappa shape index (κ3) is 3.93. The molecule has 4 nitrogen and oxygen atoms in total. The van der Waals surface area contributed by atoms with E-state index in [1.807, 2.05) is 6.07 Å². The van der Waals surface area contributed by atoms with Crippen LogP contribution in [0.1, 0.15) is 23.1 Å². The monoisotopic (exact) mass is 326 g/mol. The number of aliphatic imine (C=N–C) groups is 1. The predicted molar refractivity (Wildman–Crippen MR) is 99.0 cm³/mol. The summed E-state index contributed by atoms with van der Waals surface area (Å²) in [5, 5.41) is 10.1. The molecular formula is C18H22N4S. The molecule has 23 heavy (non-hydrogen) atoms. The van der Waals surface area contributed by atoms with Crippen molar-refractivity contribution < 1.29 is 0 Å². The molecule has 3 N–H and O–H groups in total. The first-order chi connectivity index (χ1) is 11.3. The molecule has 0 spiro atoms. The zero-order valence-corrected chi connectivity index (χ0v) is 14.3. The van der Waals surface area contributed by atoms with Crippen molar-refractivity contribution in [3.63, 3.8) is 0 Å². The Morgan fingerprint density at radius 1 is 1.22 bits per heavy atom. The molecule has 0 aliphatic heterocycles. The van der Waals surface area contributed by atoms with Crippen molar-refractivity contribution in [1.29, 1.82) is 0 Å². The minimum absolute atomic E-state index is 0.632. The summed E-state index contributed by atoms with van der Waals surface area (Å²) in [7, 11) is 0. The number of hydrogen-bond donors (Lipinski definition) is 3. The number of hydrogen-bond acceptors (Lipinski definition) is 2. The van der Waals surface area contributed by atoms with Crippen molar-refractivity contribution in [3.05, 3.63) is 57.9 Å². The number of nitrogens with zero attached hydrogens (tertiary/aromatic N) is 1. The number of H-pyrrole nitrogens is 1. The first kappa shape index (κ1) is 15.6. The van der Waals surface area contributed by atoms with Crippen LogP contribution in [-0.2, 0) is 13.1 Å². The number of rotatable bonds is 5. The molecule has 0 unspecified atom stereocenters. The van der Waals surface area contributed by atoms with Crippen LogP contribution in [-0.4, -0.2) is 17.5 Å². The molecule has 0 aliphatic carbocycles. The minimum atomic E-state index is 0.632. The maximum Gasteiger partial charge on any atom is 0.191 e. The molecule has 3 rings (SSSR count). The highest BCUT2D eigenvalue weighted by Gasteiger charge is 2.03. The van der Waals surface area contributed by atoms with Gasteiger partial charge in [0.25, 0.3) is 0 Å². The standard InChI is InChI=1S/C18H22N4S/c1-3-19-18(21-12-17-13(2)8-9-23-17)20-11-15-10-14-6-4-5-7-16(14)22-15/h4-10,22H,3,11-12H2,1-2H3,(H2,19,20,21). The van der Waals surface area contributed by atoms with Crippen LogP contribution >= 0.6 is 11.3 Å². The molecule has 1 aromatic carbocycles. The van der Waals surface area contributed by atoms with Crippen LogP contribution < -0.4 is 10.6 Å². The lowest BCUT2D eigenvalue weighted by atomic mass is 10.2. The summed E-state index contributed by atoms with van der Waals surface area (Å²) in [6.45, 7) is 6.51. The summed E-state index contributed by atoms with van der Waals surface area (Å²) in [5.41, 5.74) is 3.61. The van der Waals surface area contributed by atoms with E-state index in [0.29, 0.717) is 6.54 Å². The van der Waals surface area contributed by atoms with Gasteiger partial charge < -0.3 is 15.6 Å². The van der Waals surface area contributed by atoms with Gasteiger partial charge in [0.05, 0.1) is 13.1 Å². The first-order valence-electron chi connectivity index (χ1n) is 7.88. The summed E-state index contributed by atoms with van der Waals surface area (Å²) in [6, 6.07) is 12.6. The maximum absolute atomic E-state index is 4.68. The van der Waals surface area contributed by atoms with Crippen LogP contribution in [0.25, 0.3) is 10.9 Å². The maximum atomic E-state index is 4.68. The van der Waals surface area contributed by atoms with Gasteiger partial charge in [-0.25, -0.2) is 4.99 Å². The van der Waals surface area contributed by atoms with Crippen LogP contribution in [0.3, 0.4) is 0 Å². The molecule has 0 radical (unpaired) electrons. The number of benzene rings is 1. The highest BCUT2D eigenvalue weighted by atomic mass is 32.1. The van der Waals surface area contributed by atoms with E-state index >= 15 is 0 Å². The van der Waals surface area contributed by atoms with Crippen molar-refractivity contribution in [3.8, 4) is 0 Å². The second kappa shape index (κ2) is 7.33. The Hall–Kier alpha value is -2.27. The molecule has 0 fully saturated rings. The van der Waals surface area contributed by atoms with E-state index in [1.54, 1.807) is 11.3 Å². The third-order valence-electron chi connectivity index (χ3n) is 3.72. The van der Waals surface area contributed by atoms with Gasteiger partial charge >= 0.3 is 0 Å². The van der Waals surface area contributed by atoms with Crippen molar-refractivity contribution in [2.45, 2.75) is 26.9 Å². The van der Waals surface area contributed by atoms with Gasteiger partial charge in [-0.1, -0.05) is 18.2 Å². The number of aromatic nitrogens is 1. The molecule has 0 atom stereocenters. The van der Waals surface area contributed by atoms with E-state index in [4.69, 9.17) is 0 Å². The second-order valence-corrected chi connectivity index (χ2v) is 6.46. The van der Waals surface area contributed by atoms with E-state index in [0.717, 1.165) is 30.3 Å². The number of aryl methyl sites for hydroxylation is 1. The summed E-state index contributed by atoms with van der Waals surface area (Å²) < 4.78 is 0. The normalized spacial score (nSPS) is 11.8. The van der Waals surface area contributed by atoms with E-state index in [2.05, 4.69) is 70.2 Å². The second-order valence-electron chi connectivity index (χ2n) is 5.46. The Kier molecular flexibility index (Phi) is 4.98. The third-order valence-corrected chi connectivity index (χ3v) is 4.75. The lowest BCUT2D eigenvalue weighted by molar-refractivity contribution is 0.818. The lowest BCUT2D eigenvalue weighted by Gasteiger charge is -2.10. The quantitative estimate of drug-likeness (QED) is 0.493. The van der Waals surface area contributed by atoms with Crippen LogP contribution in [0, 0.1) is 6.92 Å². The highest BCUT2D eigenvalue weighted by molar-refractivity contribution is 7.10. The summed E-state index contributed by atoms with van der Waals surface area (Å²) in [4.78, 5) is 9.44. The molecule has 0 saturated carbocycles. The molecule has 0 aliphatic rings. The Morgan fingerprint density at radius 2 is 2.09 bits per heavy atom. The van der Waals surface area contributed by atoms with Crippen molar-refractivity contribution >= 4 is 28.2 Å². The molecular weight excluding hydrogens is 304 g/mol. The number of para-hydroxylation sites is 1. The number of fused-ring (bicyclic) bond motifs is 1. The fraction of sp³-hybridized carbons (Fsp3) is 0.278. The van der Waals surface area contributed by atoms with E-state index in [-0.39, 0.29) is 0 Å². The zero-order valence-electron chi connectivity index (χ0n) is 13.5. The SMILES string of the molecule is CCNC(=NCc1cc2ccccc2[nH]1)NCc1sccc1C. The van der Waals surface area contributed by atoms with Gasteiger partial charge in [-0.3, -0.25) is 0 Å². The fourth-order valence-corrected chi connectivity index (χ4v) is 3.32. The molecule has 0 bridgehead atoms. The highest BCUT2D eigenvalue weighted by Crippen LogP contribution is 2.16. The molecule has 3 aromatic rings. The largest absolute Gasteiger partial charge is 0.357 e. The van der Waals surface area contributed by atoms with Gasteiger partial charge in [-0.05, 0) is 48.4 Å². The van der Waals surface area contributed by atoms with E-state index < -0.39 is 0 Å². The summed E-state index contributed by atoms with van der Waals surface area (Å²) in [5.74, 6) is 0.846. The lowest BCUT2D eigenvalue weighted by Crippen LogP contribution is -2.36. The Morgan fingerprint density at radius 3 is 2.83 bits per heavy atom. The van der Waals surface area contributed by atoms with Gasteiger partial charge in [0.1, 0.15) is 0 Å². The van der Waals surface area contributed by atoms with Crippen LogP contribution in [0.4, 0.5) is 0 Å². The average Bonchev–Trinajstić information content (AvgIpc) is 3.15. The van der Waals surface area contributed by atoms with Gasteiger partial charge in [0.15, 0.2) is 5.96 Å². The molecule has 5 heteroatoms. The van der Waals surface area contributed by atoms with Gasteiger partial charge in [-0.2, -0.15) is 0 Å². The van der Waals surface area contributed by atoms with E-state index in [9.17, 15) is 0 Å². The predicted octanol–water partition coefficient (Wildman–Crippen LogP) is 3.79. The van der Waals surface area contributed by atoms with Crippen LogP contribution in [0.5, 0.6) is 0 Å². The van der Waals surface area contributed by atoms with Gasteiger partial charge in [0, 0.05) is 22.6 Å². The molecule has 120 valence electrons. The van der Waals surface area contributed by atoms with Crippen molar-refractivity contribution in [1.82, 2.24) is 15.6 Å². The minimum Gasteiger partial charge on any atom is -0.357 e. The number of nitrogens with one attached hydrogen (secondary N) is 3. The number of guanidine groups is 1.